The smallest absolute Gasteiger partial charge is 0.240 e. The van der Waals surface area contributed by atoms with Gasteiger partial charge in [0.25, 0.3) is 0 Å². The van der Waals surface area contributed by atoms with Crippen LogP contribution in [-0.2, 0) is 9.59 Å². The zero-order valence-corrected chi connectivity index (χ0v) is 9.37. The van der Waals surface area contributed by atoms with Crippen molar-refractivity contribution in [1.29, 1.82) is 0 Å². The van der Waals surface area contributed by atoms with Gasteiger partial charge in [-0.05, 0) is 36.6 Å². The van der Waals surface area contributed by atoms with Gasteiger partial charge in [-0.15, -0.1) is 0 Å². The number of nitrogens with one attached hydrogen (secondary N) is 1. The van der Waals surface area contributed by atoms with E-state index in [1.165, 1.54) is 24.3 Å². The number of amides is 2. The topological polar surface area (TPSA) is 72.2 Å². The van der Waals surface area contributed by atoms with E-state index in [4.69, 9.17) is 5.73 Å². The molecule has 0 saturated heterocycles. The van der Waals surface area contributed by atoms with E-state index in [-0.39, 0.29) is 11.7 Å². The first kappa shape index (κ1) is 11.6. The first-order valence-corrected chi connectivity index (χ1v) is 5.34. The molecule has 90 valence electrons. The first-order chi connectivity index (χ1) is 7.96. The summed E-state index contributed by atoms with van der Waals surface area (Å²) in [5.74, 6) is -1.44. The molecule has 2 atom stereocenters. The molecular formula is C12H13FN2O2. The quantitative estimate of drug-likeness (QED) is 0.776. The second-order valence-electron chi connectivity index (χ2n) is 4.40. The number of anilines is 1. The SMILES string of the molecule is C[C@@H]1C[C@]1(C(N)=O)C(=O)Nc1ccc(F)cc1. The summed E-state index contributed by atoms with van der Waals surface area (Å²) in [4.78, 5) is 23.2. The van der Waals surface area contributed by atoms with E-state index in [2.05, 4.69) is 5.32 Å². The zero-order valence-electron chi connectivity index (χ0n) is 9.37. The highest BCUT2D eigenvalue weighted by Crippen LogP contribution is 2.52. The molecule has 1 saturated carbocycles. The number of halogens is 1. The Hall–Kier alpha value is -1.91. The minimum Gasteiger partial charge on any atom is -0.369 e. The van der Waals surface area contributed by atoms with Gasteiger partial charge in [0.15, 0.2) is 0 Å². The third-order valence-corrected chi connectivity index (χ3v) is 3.26. The molecule has 1 aromatic carbocycles. The summed E-state index contributed by atoms with van der Waals surface area (Å²) in [6.45, 7) is 1.80. The molecule has 1 fully saturated rings. The van der Waals surface area contributed by atoms with Crippen molar-refractivity contribution in [2.24, 2.45) is 17.1 Å². The summed E-state index contributed by atoms with van der Waals surface area (Å²) in [6.07, 6.45) is 0.468. The number of rotatable bonds is 3. The van der Waals surface area contributed by atoms with Gasteiger partial charge >= 0.3 is 0 Å². The molecule has 0 heterocycles. The number of primary amides is 1. The van der Waals surface area contributed by atoms with Crippen molar-refractivity contribution in [3.8, 4) is 0 Å². The van der Waals surface area contributed by atoms with Gasteiger partial charge in [-0.2, -0.15) is 0 Å². The molecule has 1 aromatic rings. The predicted octanol–water partition coefficient (Wildman–Crippen LogP) is 1.28. The number of benzene rings is 1. The van der Waals surface area contributed by atoms with Gasteiger partial charge in [0.05, 0.1) is 0 Å². The maximum atomic E-state index is 12.7. The van der Waals surface area contributed by atoms with Crippen LogP contribution >= 0.6 is 0 Å². The van der Waals surface area contributed by atoms with Crippen molar-refractivity contribution < 1.29 is 14.0 Å². The highest BCUT2D eigenvalue weighted by molar-refractivity contribution is 6.13. The largest absolute Gasteiger partial charge is 0.369 e. The molecule has 2 amide bonds. The van der Waals surface area contributed by atoms with E-state index in [1.54, 1.807) is 6.92 Å². The molecule has 0 bridgehead atoms. The number of carbonyl (C=O) groups excluding carboxylic acids is 2. The van der Waals surface area contributed by atoms with Crippen LogP contribution in [-0.4, -0.2) is 11.8 Å². The van der Waals surface area contributed by atoms with Crippen LogP contribution in [0.3, 0.4) is 0 Å². The summed E-state index contributed by atoms with van der Waals surface area (Å²) in [5.41, 5.74) is 4.61. The molecule has 2 rings (SSSR count). The third-order valence-electron chi connectivity index (χ3n) is 3.26. The highest BCUT2D eigenvalue weighted by atomic mass is 19.1. The number of hydrogen-bond acceptors (Lipinski definition) is 2. The van der Waals surface area contributed by atoms with Gasteiger partial charge in [0.1, 0.15) is 11.2 Å². The van der Waals surface area contributed by atoms with E-state index < -0.39 is 17.2 Å². The molecule has 0 spiro atoms. The number of carbonyl (C=O) groups is 2. The summed E-state index contributed by atoms with van der Waals surface area (Å²) >= 11 is 0. The molecule has 3 N–H and O–H groups in total. The minimum absolute atomic E-state index is 0.0413. The van der Waals surface area contributed by atoms with E-state index in [9.17, 15) is 14.0 Å². The monoisotopic (exact) mass is 236 g/mol. The molecule has 0 radical (unpaired) electrons. The van der Waals surface area contributed by atoms with Crippen LogP contribution in [0.25, 0.3) is 0 Å². The molecule has 1 aliphatic rings. The van der Waals surface area contributed by atoms with Crippen LogP contribution in [0.2, 0.25) is 0 Å². The maximum absolute atomic E-state index is 12.7. The van der Waals surface area contributed by atoms with Gasteiger partial charge in [-0.25, -0.2) is 4.39 Å². The Bertz CT molecular complexity index is 472. The number of hydrogen-bond donors (Lipinski definition) is 2. The Labute approximate surface area is 98.0 Å². The average Bonchev–Trinajstić information content (AvgIpc) is 2.95. The molecule has 5 heteroatoms. The molecule has 17 heavy (non-hydrogen) atoms. The Kier molecular flexibility index (Phi) is 2.61. The van der Waals surface area contributed by atoms with Crippen LogP contribution in [0.5, 0.6) is 0 Å². The normalized spacial score (nSPS) is 26.4. The van der Waals surface area contributed by atoms with Gasteiger partial charge < -0.3 is 11.1 Å². The molecule has 0 unspecified atom stereocenters. The Balaban J connectivity index is 2.12. The van der Waals surface area contributed by atoms with Gasteiger partial charge in [0.2, 0.25) is 11.8 Å². The van der Waals surface area contributed by atoms with Crippen molar-refractivity contribution in [3.63, 3.8) is 0 Å². The highest BCUT2D eigenvalue weighted by Gasteiger charge is 2.62. The van der Waals surface area contributed by atoms with Crippen LogP contribution in [0.4, 0.5) is 10.1 Å². The minimum atomic E-state index is -1.09. The van der Waals surface area contributed by atoms with Crippen LogP contribution < -0.4 is 11.1 Å². The lowest BCUT2D eigenvalue weighted by molar-refractivity contribution is -0.132. The zero-order chi connectivity index (χ0) is 12.6. The summed E-state index contributed by atoms with van der Waals surface area (Å²) in [7, 11) is 0. The van der Waals surface area contributed by atoms with Gasteiger partial charge in [-0.1, -0.05) is 6.92 Å². The van der Waals surface area contributed by atoms with Crippen molar-refractivity contribution >= 4 is 17.5 Å². The van der Waals surface area contributed by atoms with Crippen molar-refractivity contribution in [2.45, 2.75) is 13.3 Å². The Morgan fingerprint density at radius 1 is 1.41 bits per heavy atom. The van der Waals surface area contributed by atoms with E-state index in [1.807, 2.05) is 0 Å². The number of nitrogens with two attached hydrogens (primary N) is 1. The van der Waals surface area contributed by atoms with Gasteiger partial charge in [0, 0.05) is 5.69 Å². The van der Waals surface area contributed by atoms with Crippen LogP contribution in [0, 0.1) is 17.2 Å². The predicted molar refractivity (Wildman–Crippen MR) is 60.4 cm³/mol. The summed E-state index contributed by atoms with van der Waals surface area (Å²) < 4.78 is 12.7. The Morgan fingerprint density at radius 3 is 2.35 bits per heavy atom. The van der Waals surface area contributed by atoms with Crippen molar-refractivity contribution in [1.82, 2.24) is 0 Å². The second-order valence-corrected chi connectivity index (χ2v) is 4.40. The van der Waals surface area contributed by atoms with Crippen molar-refractivity contribution in [2.75, 3.05) is 5.32 Å². The summed E-state index contributed by atoms with van der Waals surface area (Å²) in [5, 5.41) is 2.58. The molecule has 4 nitrogen and oxygen atoms in total. The molecule has 1 aliphatic carbocycles. The van der Waals surface area contributed by atoms with Crippen molar-refractivity contribution in [3.05, 3.63) is 30.1 Å². The standard InChI is InChI=1S/C12H13FN2O2/c1-7-6-12(7,10(14)16)11(17)15-9-4-2-8(13)3-5-9/h2-5,7H,6H2,1H3,(H2,14,16)(H,15,17)/t7-,12+/m1/s1. The summed E-state index contributed by atoms with van der Waals surface area (Å²) in [6, 6.07) is 5.36. The van der Waals surface area contributed by atoms with E-state index in [0.717, 1.165) is 0 Å². The van der Waals surface area contributed by atoms with Crippen LogP contribution in [0.15, 0.2) is 24.3 Å². The fourth-order valence-corrected chi connectivity index (χ4v) is 1.97. The lowest BCUT2D eigenvalue weighted by Gasteiger charge is -2.12. The average molecular weight is 236 g/mol. The molecule has 0 aliphatic heterocycles. The maximum Gasteiger partial charge on any atom is 0.240 e. The lowest BCUT2D eigenvalue weighted by atomic mass is 10.0. The van der Waals surface area contributed by atoms with Gasteiger partial charge in [-0.3, -0.25) is 9.59 Å². The first-order valence-electron chi connectivity index (χ1n) is 5.34. The van der Waals surface area contributed by atoms with Crippen LogP contribution in [0.1, 0.15) is 13.3 Å². The third kappa shape index (κ3) is 1.88. The fraction of sp³-hybridized carbons (Fsp3) is 0.333. The fourth-order valence-electron chi connectivity index (χ4n) is 1.97. The molecular weight excluding hydrogens is 223 g/mol. The Morgan fingerprint density at radius 2 is 1.94 bits per heavy atom. The molecule has 0 aromatic heterocycles. The second kappa shape index (κ2) is 3.84. The van der Waals surface area contributed by atoms with E-state index >= 15 is 0 Å². The van der Waals surface area contributed by atoms with E-state index in [0.29, 0.717) is 12.1 Å². The lowest BCUT2D eigenvalue weighted by Crippen LogP contribution is -2.37.